The first-order valence-electron chi connectivity index (χ1n) is 9.55. The molecule has 2 atom stereocenters. The largest absolute Gasteiger partial charge is 0.491 e. The van der Waals surface area contributed by atoms with Crippen molar-refractivity contribution >= 4 is 0 Å². The number of benzene rings is 2. The predicted octanol–water partition coefficient (Wildman–Crippen LogP) is 3.34. The molecule has 4 rings (SSSR count). The van der Waals surface area contributed by atoms with Crippen LogP contribution in [0.5, 0.6) is 5.75 Å². The summed E-state index contributed by atoms with van der Waals surface area (Å²) in [5.74, 6) is 0.899. The highest BCUT2D eigenvalue weighted by atomic mass is 16.5. The van der Waals surface area contributed by atoms with Gasteiger partial charge in [0, 0.05) is 26.2 Å². The van der Waals surface area contributed by atoms with Crippen LogP contribution in [-0.4, -0.2) is 42.4 Å². The zero-order chi connectivity index (χ0) is 17.8. The maximum absolute atomic E-state index is 11.0. The van der Waals surface area contributed by atoms with E-state index in [9.17, 15) is 5.11 Å². The van der Waals surface area contributed by atoms with Gasteiger partial charge in [0.1, 0.15) is 18.0 Å². The molecule has 2 aliphatic heterocycles. The Kier molecular flexibility index (Phi) is 5.25. The van der Waals surface area contributed by atoms with E-state index in [-0.39, 0.29) is 6.10 Å². The normalized spacial score (nSPS) is 26.3. The molecule has 2 fully saturated rings. The lowest BCUT2D eigenvalue weighted by Crippen LogP contribution is -2.30. The molecule has 138 valence electrons. The Morgan fingerprint density at radius 3 is 2.85 bits per heavy atom. The first kappa shape index (κ1) is 17.5. The number of aliphatic hydroxyl groups is 1. The van der Waals surface area contributed by atoms with Gasteiger partial charge in [-0.05, 0) is 42.5 Å². The molecule has 1 N–H and O–H groups in total. The molecule has 26 heavy (non-hydrogen) atoms. The van der Waals surface area contributed by atoms with Crippen molar-refractivity contribution in [1.29, 1.82) is 0 Å². The van der Waals surface area contributed by atoms with Crippen molar-refractivity contribution in [1.82, 2.24) is 4.90 Å². The van der Waals surface area contributed by atoms with Crippen molar-refractivity contribution < 1.29 is 14.6 Å². The van der Waals surface area contributed by atoms with E-state index in [1.807, 2.05) is 42.5 Å². The van der Waals surface area contributed by atoms with Crippen LogP contribution in [0.15, 0.2) is 54.6 Å². The van der Waals surface area contributed by atoms with E-state index in [4.69, 9.17) is 9.47 Å². The molecule has 0 aromatic heterocycles. The lowest BCUT2D eigenvalue weighted by atomic mass is 9.93. The first-order valence-corrected chi connectivity index (χ1v) is 9.55. The van der Waals surface area contributed by atoms with Crippen LogP contribution in [0.3, 0.4) is 0 Å². The minimum absolute atomic E-state index is 0.234. The van der Waals surface area contributed by atoms with Crippen molar-refractivity contribution in [2.24, 2.45) is 0 Å². The molecule has 0 unspecified atom stereocenters. The summed E-state index contributed by atoms with van der Waals surface area (Å²) in [4.78, 5) is 2.31. The molecule has 0 aliphatic carbocycles. The van der Waals surface area contributed by atoms with E-state index in [2.05, 4.69) is 17.0 Å². The molecule has 0 bridgehead atoms. The Hall–Kier alpha value is -1.88. The van der Waals surface area contributed by atoms with Crippen LogP contribution in [0.4, 0.5) is 0 Å². The van der Waals surface area contributed by atoms with Gasteiger partial charge in [-0.3, -0.25) is 4.90 Å². The Morgan fingerprint density at radius 1 is 1.15 bits per heavy atom. The molecule has 0 saturated carbocycles. The number of hydrogen-bond acceptors (Lipinski definition) is 4. The summed E-state index contributed by atoms with van der Waals surface area (Å²) in [5, 5.41) is 11.0. The Labute approximate surface area is 155 Å². The molecule has 0 spiro atoms. The molecule has 2 aromatic rings. The number of β-amino-alcohol motifs (C(OH)–C–C–N with tert-alkyl or cyclic N) is 1. The van der Waals surface area contributed by atoms with Crippen LogP contribution in [0.25, 0.3) is 0 Å². The molecule has 4 heteroatoms. The Balaban J connectivity index is 1.35. The van der Waals surface area contributed by atoms with Gasteiger partial charge in [0.15, 0.2) is 0 Å². The van der Waals surface area contributed by atoms with Crippen molar-refractivity contribution in [3.8, 4) is 5.75 Å². The highest BCUT2D eigenvalue weighted by Crippen LogP contribution is 2.32. The third-order valence-electron chi connectivity index (χ3n) is 5.40. The van der Waals surface area contributed by atoms with Crippen LogP contribution in [-0.2, 0) is 16.9 Å². The van der Waals surface area contributed by atoms with Crippen molar-refractivity contribution in [2.75, 3.05) is 26.3 Å². The zero-order valence-electron chi connectivity index (χ0n) is 15.1. The van der Waals surface area contributed by atoms with Crippen molar-refractivity contribution in [3.63, 3.8) is 0 Å². The minimum Gasteiger partial charge on any atom is -0.491 e. The molecular formula is C22H27NO3. The number of nitrogens with zero attached hydrogens (tertiary/aromatic N) is 1. The van der Waals surface area contributed by atoms with Gasteiger partial charge in [0.05, 0.1) is 6.10 Å². The molecule has 2 aliphatic rings. The second kappa shape index (κ2) is 7.78. The maximum Gasteiger partial charge on any atom is 0.119 e. The number of hydrogen-bond donors (Lipinski definition) is 1. The average molecular weight is 353 g/mol. The maximum atomic E-state index is 11.0. The fourth-order valence-electron chi connectivity index (χ4n) is 3.95. The summed E-state index contributed by atoms with van der Waals surface area (Å²) >= 11 is 0. The van der Waals surface area contributed by atoms with Gasteiger partial charge in [-0.1, -0.05) is 42.5 Å². The lowest BCUT2D eigenvalue weighted by Gasteiger charge is -2.24. The van der Waals surface area contributed by atoms with E-state index in [1.165, 1.54) is 5.56 Å². The van der Waals surface area contributed by atoms with E-state index in [0.29, 0.717) is 13.2 Å². The second-order valence-corrected chi connectivity index (χ2v) is 7.45. The van der Waals surface area contributed by atoms with E-state index >= 15 is 0 Å². The Morgan fingerprint density at radius 2 is 2.04 bits per heavy atom. The van der Waals surface area contributed by atoms with E-state index < -0.39 is 5.60 Å². The van der Waals surface area contributed by atoms with Gasteiger partial charge in [-0.25, -0.2) is 0 Å². The van der Waals surface area contributed by atoms with Crippen LogP contribution in [0.1, 0.15) is 30.4 Å². The summed E-state index contributed by atoms with van der Waals surface area (Å²) in [5.41, 5.74) is 1.48. The molecule has 0 radical (unpaired) electrons. The number of likely N-dealkylation sites (tertiary alicyclic amines) is 1. The molecule has 0 amide bonds. The van der Waals surface area contributed by atoms with Gasteiger partial charge < -0.3 is 14.6 Å². The first-order chi connectivity index (χ1) is 12.7. The summed E-state index contributed by atoms with van der Waals surface area (Å²) in [7, 11) is 0. The molecular weight excluding hydrogens is 326 g/mol. The fraction of sp³-hybridized carbons (Fsp3) is 0.455. The van der Waals surface area contributed by atoms with Gasteiger partial charge >= 0.3 is 0 Å². The van der Waals surface area contributed by atoms with Gasteiger partial charge in [-0.2, -0.15) is 0 Å². The van der Waals surface area contributed by atoms with E-state index in [0.717, 1.165) is 50.3 Å². The SMILES string of the molecule is O[C@]1(c2ccccc2)CCN(Cc2cccc(OC[C@@H]3CCCO3)c2)C1. The quantitative estimate of drug-likeness (QED) is 0.865. The second-order valence-electron chi connectivity index (χ2n) is 7.45. The van der Waals surface area contributed by atoms with E-state index in [1.54, 1.807) is 0 Å². The van der Waals surface area contributed by atoms with Crippen molar-refractivity contribution in [3.05, 3.63) is 65.7 Å². The molecule has 2 aromatic carbocycles. The minimum atomic E-state index is -0.741. The molecule has 2 saturated heterocycles. The van der Waals surface area contributed by atoms with Crippen molar-refractivity contribution in [2.45, 2.75) is 37.5 Å². The smallest absolute Gasteiger partial charge is 0.119 e. The summed E-state index contributed by atoms with van der Waals surface area (Å²) < 4.78 is 11.5. The van der Waals surface area contributed by atoms with Gasteiger partial charge in [0.25, 0.3) is 0 Å². The van der Waals surface area contributed by atoms with Crippen LogP contribution in [0.2, 0.25) is 0 Å². The number of ether oxygens (including phenoxy) is 2. The predicted molar refractivity (Wildman–Crippen MR) is 101 cm³/mol. The average Bonchev–Trinajstić information content (AvgIpc) is 3.32. The topological polar surface area (TPSA) is 41.9 Å². The monoisotopic (exact) mass is 353 g/mol. The van der Waals surface area contributed by atoms with Crippen LogP contribution in [0, 0.1) is 0 Å². The molecule has 2 heterocycles. The lowest BCUT2D eigenvalue weighted by molar-refractivity contribution is 0.0452. The Bertz CT molecular complexity index is 714. The summed E-state index contributed by atoms with van der Waals surface area (Å²) in [6, 6.07) is 18.3. The van der Waals surface area contributed by atoms with Crippen LogP contribution < -0.4 is 4.74 Å². The highest BCUT2D eigenvalue weighted by Gasteiger charge is 2.37. The third-order valence-corrected chi connectivity index (χ3v) is 5.40. The molecule has 4 nitrogen and oxygen atoms in total. The zero-order valence-corrected chi connectivity index (χ0v) is 15.1. The fourth-order valence-corrected chi connectivity index (χ4v) is 3.95. The van der Waals surface area contributed by atoms with Crippen LogP contribution >= 0.6 is 0 Å². The third kappa shape index (κ3) is 4.09. The van der Waals surface area contributed by atoms with Gasteiger partial charge in [-0.15, -0.1) is 0 Å². The van der Waals surface area contributed by atoms with Gasteiger partial charge in [0.2, 0.25) is 0 Å². The summed E-state index contributed by atoms with van der Waals surface area (Å²) in [6.07, 6.45) is 3.23. The number of rotatable bonds is 6. The summed E-state index contributed by atoms with van der Waals surface area (Å²) in [6.45, 7) is 3.87. The highest BCUT2D eigenvalue weighted by molar-refractivity contribution is 5.29. The standard InChI is InChI=1S/C22H27NO3/c24-22(19-7-2-1-3-8-19)11-12-23(17-22)15-18-6-4-9-20(14-18)26-16-21-10-5-13-25-21/h1-4,6-9,14,21,24H,5,10-13,15-17H2/t21-,22+/m0/s1.